The Hall–Kier alpha value is -3.08. The molecule has 5 heteroatoms. The van der Waals surface area contributed by atoms with Crippen LogP contribution in [0.4, 0.5) is 17.6 Å². The Morgan fingerprint density at radius 3 is 2.15 bits per heavy atom. The van der Waals surface area contributed by atoms with Gasteiger partial charge in [-0.15, -0.1) is 0 Å². The molecule has 0 N–H and O–H groups in total. The molecule has 1 unspecified atom stereocenters. The van der Waals surface area contributed by atoms with Crippen LogP contribution in [0.15, 0.2) is 54.6 Å². The van der Waals surface area contributed by atoms with Crippen LogP contribution in [0.2, 0.25) is 0 Å². The molecular weight excluding hydrogens is 428 g/mol. The van der Waals surface area contributed by atoms with Crippen LogP contribution >= 0.6 is 0 Å². The second-order valence-corrected chi connectivity index (χ2v) is 8.65. The molecule has 0 amide bonds. The molecule has 0 bridgehead atoms. The predicted octanol–water partition coefficient (Wildman–Crippen LogP) is 7.91. The van der Waals surface area contributed by atoms with Gasteiger partial charge in [0, 0.05) is 11.1 Å². The monoisotopic (exact) mass is 454 g/mol. The molecule has 172 valence electrons. The molecule has 0 heterocycles. The summed E-state index contributed by atoms with van der Waals surface area (Å²) in [6.07, 6.45) is 5.49. The van der Waals surface area contributed by atoms with Gasteiger partial charge >= 0.3 is 0 Å². The molecule has 4 rings (SSSR count). The lowest BCUT2D eigenvalue weighted by atomic mass is 9.87. The van der Waals surface area contributed by atoms with Gasteiger partial charge in [-0.2, -0.15) is 4.39 Å². The second-order valence-electron chi connectivity index (χ2n) is 8.65. The molecule has 0 aliphatic heterocycles. The molecule has 0 aromatic heterocycles. The van der Waals surface area contributed by atoms with Crippen LogP contribution < -0.4 is 4.74 Å². The smallest absolute Gasteiger partial charge is 0.201 e. The lowest BCUT2D eigenvalue weighted by Gasteiger charge is -2.19. The Labute approximate surface area is 191 Å². The minimum atomic E-state index is -1.03. The first-order valence-corrected chi connectivity index (χ1v) is 11.2. The topological polar surface area (TPSA) is 9.23 Å². The number of methoxy groups -OCH3 is 1. The Bertz CT molecular complexity index is 1180. The Kier molecular flexibility index (Phi) is 6.87. The van der Waals surface area contributed by atoms with Crippen molar-refractivity contribution in [2.75, 3.05) is 7.11 Å². The predicted molar refractivity (Wildman–Crippen MR) is 123 cm³/mol. The van der Waals surface area contributed by atoms with E-state index in [9.17, 15) is 17.6 Å². The van der Waals surface area contributed by atoms with Gasteiger partial charge in [0.05, 0.1) is 7.11 Å². The maximum absolute atomic E-state index is 14.7. The number of aryl methyl sites for hydroxylation is 2. The largest absolute Gasteiger partial charge is 0.494 e. The van der Waals surface area contributed by atoms with Gasteiger partial charge in [-0.3, -0.25) is 0 Å². The van der Waals surface area contributed by atoms with Crippen molar-refractivity contribution in [1.82, 2.24) is 0 Å². The van der Waals surface area contributed by atoms with E-state index in [4.69, 9.17) is 4.74 Å². The highest BCUT2D eigenvalue weighted by atomic mass is 19.2. The van der Waals surface area contributed by atoms with E-state index in [1.54, 1.807) is 36.4 Å². The van der Waals surface area contributed by atoms with Crippen LogP contribution in [-0.2, 0) is 12.8 Å². The summed E-state index contributed by atoms with van der Waals surface area (Å²) in [7, 11) is 1.28. The minimum Gasteiger partial charge on any atom is -0.494 e. The molecule has 0 saturated heterocycles. The average molecular weight is 455 g/mol. The Balaban J connectivity index is 1.47. The van der Waals surface area contributed by atoms with Gasteiger partial charge in [0.25, 0.3) is 0 Å². The number of rotatable bonds is 6. The van der Waals surface area contributed by atoms with Crippen LogP contribution in [0.25, 0.3) is 16.7 Å². The van der Waals surface area contributed by atoms with Crippen molar-refractivity contribution in [2.45, 2.75) is 39.0 Å². The molecule has 0 saturated carbocycles. The van der Waals surface area contributed by atoms with Gasteiger partial charge in [-0.25, -0.2) is 13.2 Å². The zero-order chi connectivity index (χ0) is 23.5. The van der Waals surface area contributed by atoms with Crippen molar-refractivity contribution in [3.8, 4) is 16.9 Å². The standard InChI is InChI=1S/C28H26F4O/c1-17-3-8-19(9-4-17)22-14-13-21(25(29)26(22)30)12-7-18-5-10-20(11-6-18)23-15-16-24(33-2)28(32)27(23)31/h5-6,8,10-11,13-17H,3-4,7,9,12H2,1-2H3. The second kappa shape index (κ2) is 9.82. The first-order chi connectivity index (χ1) is 15.9. The molecule has 0 spiro atoms. The van der Waals surface area contributed by atoms with E-state index < -0.39 is 23.3 Å². The fourth-order valence-corrected chi connectivity index (χ4v) is 4.28. The SMILES string of the molecule is COc1ccc(-c2ccc(CCc3ccc(C4=CCC(C)CC4)c(F)c3F)cc2)c(F)c1F. The summed E-state index contributed by atoms with van der Waals surface area (Å²) >= 11 is 0. The van der Waals surface area contributed by atoms with Crippen LogP contribution in [0.1, 0.15) is 42.9 Å². The maximum atomic E-state index is 14.7. The van der Waals surface area contributed by atoms with E-state index in [1.807, 2.05) is 6.08 Å². The average Bonchev–Trinajstić information content (AvgIpc) is 2.83. The Morgan fingerprint density at radius 1 is 0.788 bits per heavy atom. The zero-order valence-corrected chi connectivity index (χ0v) is 18.7. The van der Waals surface area contributed by atoms with Crippen LogP contribution in [0.5, 0.6) is 5.75 Å². The van der Waals surface area contributed by atoms with E-state index in [0.717, 1.165) is 30.4 Å². The number of hydrogen-bond donors (Lipinski definition) is 0. The van der Waals surface area contributed by atoms with Crippen molar-refractivity contribution in [3.63, 3.8) is 0 Å². The molecule has 0 fully saturated rings. The lowest BCUT2D eigenvalue weighted by molar-refractivity contribution is 0.372. The van der Waals surface area contributed by atoms with Crippen molar-refractivity contribution in [1.29, 1.82) is 0 Å². The number of halogens is 4. The summed E-state index contributed by atoms with van der Waals surface area (Å²) in [6, 6.07) is 13.1. The molecule has 3 aromatic rings. The normalized spacial score (nSPS) is 15.9. The highest BCUT2D eigenvalue weighted by Crippen LogP contribution is 2.33. The molecule has 1 aliphatic carbocycles. The quantitative estimate of drug-likeness (QED) is 0.344. The third kappa shape index (κ3) is 4.82. The van der Waals surface area contributed by atoms with Crippen LogP contribution in [0, 0.1) is 29.2 Å². The maximum Gasteiger partial charge on any atom is 0.201 e. The molecule has 3 aromatic carbocycles. The number of allylic oxidation sites excluding steroid dienone is 2. The molecule has 0 radical (unpaired) electrons. The van der Waals surface area contributed by atoms with E-state index in [-0.39, 0.29) is 11.3 Å². The van der Waals surface area contributed by atoms with E-state index >= 15 is 0 Å². The summed E-state index contributed by atoms with van der Waals surface area (Å²) in [5.74, 6) is -3.14. The summed E-state index contributed by atoms with van der Waals surface area (Å²) in [4.78, 5) is 0. The van der Waals surface area contributed by atoms with Gasteiger partial charge in [-0.05, 0) is 72.4 Å². The van der Waals surface area contributed by atoms with E-state index in [1.165, 1.54) is 19.2 Å². The molecule has 1 atom stereocenters. The van der Waals surface area contributed by atoms with Gasteiger partial charge in [0.1, 0.15) is 0 Å². The van der Waals surface area contributed by atoms with Crippen LogP contribution in [-0.4, -0.2) is 7.11 Å². The third-order valence-electron chi connectivity index (χ3n) is 6.40. The molecule has 1 aliphatic rings. The van der Waals surface area contributed by atoms with Crippen LogP contribution in [0.3, 0.4) is 0 Å². The van der Waals surface area contributed by atoms with Crippen molar-refractivity contribution in [2.24, 2.45) is 5.92 Å². The molecule has 1 nitrogen and oxygen atoms in total. The molecular formula is C28H26F4O. The molecule has 33 heavy (non-hydrogen) atoms. The summed E-state index contributed by atoms with van der Waals surface area (Å²) in [5, 5.41) is 0. The van der Waals surface area contributed by atoms with E-state index in [0.29, 0.717) is 35.4 Å². The fraction of sp³-hybridized carbons (Fsp3) is 0.286. The van der Waals surface area contributed by atoms with Crippen molar-refractivity contribution < 1.29 is 22.3 Å². The van der Waals surface area contributed by atoms with E-state index in [2.05, 4.69) is 6.92 Å². The van der Waals surface area contributed by atoms with Gasteiger partial charge in [0.15, 0.2) is 23.2 Å². The van der Waals surface area contributed by atoms with Gasteiger partial charge in [0.2, 0.25) is 5.82 Å². The highest BCUT2D eigenvalue weighted by molar-refractivity contribution is 5.67. The highest BCUT2D eigenvalue weighted by Gasteiger charge is 2.19. The van der Waals surface area contributed by atoms with Crippen molar-refractivity contribution >= 4 is 5.57 Å². The number of hydrogen-bond acceptors (Lipinski definition) is 1. The fourth-order valence-electron chi connectivity index (χ4n) is 4.28. The zero-order valence-electron chi connectivity index (χ0n) is 18.7. The summed E-state index contributed by atoms with van der Waals surface area (Å²) in [5.41, 5.74) is 3.12. The lowest BCUT2D eigenvalue weighted by Crippen LogP contribution is -2.05. The third-order valence-corrected chi connectivity index (χ3v) is 6.40. The first-order valence-electron chi connectivity index (χ1n) is 11.2. The summed E-state index contributed by atoms with van der Waals surface area (Å²) < 4.78 is 62.6. The number of ether oxygens (including phenoxy) is 1. The van der Waals surface area contributed by atoms with Crippen molar-refractivity contribution in [3.05, 3.63) is 94.6 Å². The first kappa shape index (κ1) is 23.1. The van der Waals surface area contributed by atoms with Gasteiger partial charge < -0.3 is 4.74 Å². The minimum absolute atomic E-state index is 0.134. The van der Waals surface area contributed by atoms with Gasteiger partial charge in [-0.1, -0.05) is 49.4 Å². The Morgan fingerprint density at radius 2 is 1.48 bits per heavy atom. The number of benzene rings is 3. The summed E-state index contributed by atoms with van der Waals surface area (Å²) in [6.45, 7) is 2.16.